The van der Waals surface area contributed by atoms with Crippen molar-refractivity contribution in [1.29, 1.82) is 0 Å². The second-order valence-electron chi connectivity index (χ2n) is 7.87. The lowest BCUT2D eigenvalue weighted by Crippen LogP contribution is -2.40. The zero-order chi connectivity index (χ0) is 19.1. The van der Waals surface area contributed by atoms with E-state index in [0.29, 0.717) is 35.3 Å². The Kier molecular flexibility index (Phi) is 4.50. The number of aromatic nitrogens is 1. The molecule has 1 aromatic heterocycles. The molecule has 142 valence electrons. The zero-order valence-corrected chi connectivity index (χ0v) is 16.0. The Morgan fingerprint density at radius 1 is 1.22 bits per heavy atom. The van der Waals surface area contributed by atoms with Gasteiger partial charge in [0, 0.05) is 38.7 Å². The Labute approximate surface area is 159 Å². The summed E-state index contributed by atoms with van der Waals surface area (Å²) in [5.74, 6) is 1.55. The lowest BCUT2D eigenvalue weighted by Gasteiger charge is -2.31. The van der Waals surface area contributed by atoms with Gasteiger partial charge in [0.1, 0.15) is 17.0 Å². The van der Waals surface area contributed by atoms with Gasteiger partial charge in [0.25, 0.3) is 5.91 Å². The van der Waals surface area contributed by atoms with E-state index >= 15 is 0 Å². The highest BCUT2D eigenvalue weighted by Crippen LogP contribution is 2.40. The van der Waals surface area contributed by atoms with Crippen molar-refractivity contribution in [3.63, 3.8) is 0 Å². The van der Waals surface area contributed by atoms with Gasteiger partial charge in [0.15, 0.2) is 0 Å². The molecule has 1 saturated carbocycles. The van der Waals surface area contributed by atoms with Crippen LogP contribution in [0.2, 0.25) is 0 Å². The van der Waals surface area contributed by atoms with Gasteiger partial charge in [-0.15, -0.1) is 0 Å². The van der Waals surface area contributed by atoms with Crippen LogP contribution in [0.4, 0.5) is 0 Å². The third kappa shape index (κ3) is 3.13. The zero-order valence-electron chi connectivity index (χ0n) is 16.0. The standard InChI is InChI=1S/C21H25N3O3/c1-13-19(20(22-27-13)14-7-5-4-6-8-14)21(26)24(3)17-9-15-11-18(25)23(2)12-16(15)10-17/h4-8,15-17H,9-12H2,1-3H3/t15-,16+,17-/m1/s1. The summed E-state index contributed by atoms with van der Waals surface area (Å²) >= 11 is 0. The maximum atomic E-state index is 13.3. The largest absolute Gasteiger partial charge is 0.360 e. The molecule has 1 saturated heterocycles. The average molecular weight is 367 g/mol. The van der Waals surface area contributed by atoms with Crippen molar-refractivity contribution in [3.05, 3.63) is 41.7 Å². The lowest BCUT2D eigenvalue weighted by molar-refractivity contribution is -0.134. The van der Waals surface area contributed by atoms with Crippen molar-refractivity contribution < 1.29 is 14.1 Å². The minimum absolute atomic E-state index is 0.0593. The summed E-state index contributed by atoms with van der Waals surface area (Å²) < 4.78 is 5.36. The molecular weight excluding hydrogens is 342 g/mol. The summed E-state index contributed by atoms with van der Waals surface area (Å²) in [4.78, 5) is 28.9. The maximum absolute atomic E-state index is 13.3. The first-order valence-corrected chi connectivity index (χ1v) is 9.48. The van der Waals surface area contributed by atoms with Gasteiger partial charge >= 0.3 is 0 Å². The van der Waals surface area contributed by atoms with Gasteiger partial charge in [-0.25, -0.2) is 0 Å². The molecular formula is C21H25N3O3. The highest BCUT2D eigenvalue weighted by atomic mass is 16.5. The molecule has 3 atom stereocenters. The van der Waals surface area contributed by atoms with Crippen LogP contribution < -0.4 is 0 Å². The van der Waals surface area contributed by atoms with Gasteiger partial charge in [0.2, 0.25) is 5.91 Å². The van der Waals surface area contributed by atoms with Crippen LogP contribution in [0.5, 0.6) is 0 Å². The first-order chi connectivity index (χ1) is 13.0. The first kappa shape index (κ1) is 17.8. The maximum Gasteiger partial charge on any atom is 0.259 e. The van der Waals surface area contributed by atoms with E-state index in [9.17, 15) is 9.59 Å². The molecule has 27 heavy (non-hydrogen) atoms. The monoisotopic (exact) mass is 367 g/mol. The molecule has 1 aliphatic heterocycles. The van der Waals surface area contributed by atoms with Crippen LogP contribution in [-0.4, -0.2) is 53.5 Å². The van der Waals surface area contributed by atoms with E-state index in [0.717, 1.165) is 24.9 Å². The number of hydrogen-bond acceptors (Lipinski definition) is 4. The van der Waals surface area contributed by atoms with Crippen LogP contribution >= 0.6 is 0 Å². The van der Waals surface area contributed by atoms with E-state index in [1.54, 1.807) is 6.92 Å². The van der Waals surface area contributed by atoms with E-state index in [-0.39, 0.29) is 17.9 Å². The molecule has 0 bridgehead atoms. The third-order valence-electron chi connectivity index (χ3n) is 6.18. The smallest absolute Gasteiger partial charge is 0.259 e. The number of aryl methyl sites for hydroxylation is 1. The molecule has 6 nitrogen and oxygen atoms in total. The Bertz CT molecular complexity index is 861. The van der Waals surface area contributed by atoms with Gasteiger partial charge < -0.3 is 14.3 Å². The number of likely N-dealkylation sites (tertiary alicyclic amines) is 1. The Morgan fingerprint density at radius 3 is 2.67 bits per heavy atom. The number of carbonyl (C=O) groups is 2. The molecule has 2 aliphatic rings. The fraction of sp³-hybridized carbons (Fsp3) is 0.476. The normalized spacial score (nSPS) is 24.8. The molecule has 0 N–H and O–H groups in total. The Hall–Kier alpha value is -2.63. The minimum atomic E-state index is -0.0593. The van der Waals surface area contributed by atoms with Crippen LogP contribution in [0.3, 0.4) is 0 Å². The number of rotatable bonds is 3. The molecule has 0 radical (unpaired) electrons. The molecule has 2 aromatic rings. The van der Waals surface area contributed by atoms with Gasteiger partial charge in [-0.2, -0.15) is 0 Å². The van der Waals surface area contributed by atoms with Crippen molar-refractivity contribution in [1.82, 2.24) is 15.0 Å². The molecule has 1 aromatic carbocycles. The summed E-state index contributed by atoms with van der Waals surface area (Å²) in [7, 11) is 3.73. The van der Waals surface area contributed by atoms with Crippen LogP contribution in [0.25, 0.3) is 11.3 Å². The topological polar surface area (TPSA) is 66.7 Å². The molecule has 2 heterocycles. The molecule has 1 aliphatic carbocycles. The highest BCUT2D eigenvalue weighted by Gasteiger charge is 2.43. The summed E-state index contributed by atoms with van der Waals surface area (Å²) in [6.07, 6.45) is 2.42. The number of nitrogens with zero attached hydrogens (tertiary/aromatic N) is 3. The predicted molar refractivity (Wildman–Crippen MR) is 101 cm³/mol. The molecule has 0 spiro atoms. The quantitative estimate of drug-likeness (QED) is 0.836. The van der Waals surface area contributed by atoms with Gasteiger partial charge in [-0.05, 0) is 31.6 Å². The second-order valence-corrected chi connectivity index (χ2v) is 7.87. The van der Waals surface area contributed by atoms with E-state index in [1.165, 1.54) is 0 Å². The molecule has 2 fully saturated rings. The van der Waals surface area contributed by atoms with Crippen LogP contribution in [-0.2, 0) is 4.79 Å². The number of piperidine rings is 1. The third-order valence-corrected chi connectivity index (χ3v) is 6.18. The highest BCUT2D eigenvalue weighted by molar-refractivity contribution is 6.00. The Balaban J connectivity index is 1.56. The lowest BCUT2D eigenvalue weighted by atomic mass is 9.88. The van der Waals surface area contributed by atoms with Gasteiger partial charge in [-0.3, -0.25) is 9.59 Å². The number of benzene rings is 1. The fourth-order valence-electron chi connectivity index (χ4n) is 4.56. The van der Waals surface area contributed by atoms with Gasteiger partial charge in [-0.1, -0.05) is 35.5 Å². The molecule has 2 amide bonds. The summed E-state index contributed by atoms with van der Waals surface area (Å²) in [5.41, 5.74) is 2.00. The minimum Gasteiger partial charge on any atom is -0.360 e. The van der Waals surface area contributed by atoms with Crippen molar-refractivity contribution in [2.24, 2.45) is 11.8 Å². The van der Waals surface area contributed by atoms with Crippen molar-refractivity contribution >= 4 is 11.8 Å². The second kappa shape index (κ2) is 6.83. The van der Waals surface area contributed by atoms with E-state index in [1.807, 2.05) is 54.2 Å². The molecule has 4 rings (SSSR count). The van der Waals surface area contributed by atoms with Crippen LogP contribution in [0.15, 0.2) is 34.9 Å². The van der Waals surface area contributed by atoms with Crippen molar-refractivity contribution in [2.75, 3.05) is 20.6 Å². The fourth-order valence-corrected chi connectivity index (χ4v) is 4.56. The first-order valence-electron chi connectivity index (χ1n) is 9.48. The van der Waals surface area contributed by atoms with Crippen LogP contribution in [0.1, 0.15) is 35.4 Å². The summed E-state index contributed by atoms with van der Waals surface area (Å²) in [6.45, 7) is 2.58. The van der Waals surface area contributed by atoms with E-state index in [2.05, 4.69) is 5.16 Å². The van der Waals surface area contributed by atoms with Crippen molar-refractivity contribution in [2.45, 2.75) is 32.2 Å². The number of hydrogen-bond donors (Lipinski definition) is 0. The molecule has 6 heteroatoms. The Morgan fingerprint density at radius 2 is 1.93 bits per heavy atom. The number of amides is 2. The summed E-state index contributed by atoms with van der Waals surface area (Å²) in [5, 5.41) is 4.13. The van der Waals surface area contributed by atoms with Gasteiger partial charge in [0.05, 0.1) is 0 Å². The predicted octanol–water partition coefficient (Wildman–Crippen LogP) is 2.98. The number of fused-ring (bicyclic) bond motifs is 1. The van der Waals surface area contributed by atoms with E-state index in [4.69, 9.17) is 4.52 Å². The number of carbonyl (C=O) groups excluding carboxylic acids is 2. The molecule has 0 unspecified atom stereocenters. The van der Waals surface area contributed by atoms with Crippen LogP contribution in [0, 0.1) is 18.8 Å². The van der Waals surface area contributed by atoms with E-state index < -0.39 is 0 Å². The SMILES string of the molecule is Cc1onc(-c2ccccc2)c1C(=O)N(C)[C@@H]1C[C@@H]2CC(=O)N(C)C[C@@H]2C1. The van der Waals surface area contributed by atoms with Crippen molar-refractivity contribution in [3.8, 4) is 11.3 Å². The summed E-state index contributed by atoms with van der Waals surface area (Å²) in [6, 6.07) is 9.78. The average Bonchev–Trinajstić information content (AvgIpc) is 3.25.